The van der Waals surface area contributed by atoms with Crippen molar-refractivity contribution in [2.75, 3.05) is 0 Å². The van der Waals surface area contributed by atoms with Gasteiger partial charge in [0.15, 0.2) is 0 Å². The van der Waals surface area contributed by atoms with Crippen molar-refractivity contribution in [2.45, 2.75) is 59.4 Å². The van der Waals surface area contributed by atoms with Gasteiger partial charge in [0, 0.05) is 0 Å². The lowest BCUT2D eigenvalue weighted by molar-refractivity contribution is 0.355. The van der Waals surface area contributed by atoms with Gasteiger partial charge in [0.1, 0.15) is 5.69 Å². The molecule has 0 radical (unpaired) electrons. The summed E-state index contributed by atoms with van der Waals surface area (Å²) in [4.78, 5) is 0. The summed E-state index contributed by atoms with van der Waals surface area (Å²) >= 11 is 5.93. The Labute approximate surface area is 110 Å². The van der Waals surface area contributed by atoms with Crippen molar-refractivity contribution >= 4 is 11.6 Å². The van der Waals surface area contributed by atoms with Crippen LogP contribution in [0, 0.1) is 11.8 Å². The lowest BCUT2D eigenvalue weighted by atomic mass is 10.0. The molecule has 0 saturated carbocycles. The van der Waals surface area contributed by atoms with Gasteiger partial charge in [0.2, 0.25) is 0 Å². The maximum absolute atomic E-state index is 5.93. The van der Waals surface area contributed by atoms with Crippen LogP contribution in [0.2, 0.25) is 0 Å². The maximum Gasteiger partial charge on any atom is 0.101 e. The van der Waals surface area contributed by atoms with E-state index in [0.717, 1.165) is 18.5 Å². The number of rotatable bonds is 6. The van der Waals surface area contributed by atoms with Crippen molar-refractivity contribution in [3.8, 4) is 0 Å². The SMILES string of the molecule is CC(C)CCc1c(CCl)nnn1C(C)C(C)C. The summed E-state index contributed by atoms with van der Waals surface area (Å²) in [6, 6.07) is 0.377. The molecular formula is C13H24ClN3. The molecule has 4 heteroatoms. The molecule has 0 amide bonds. The largest absolute Gasteiger partial charge is 0.246 e. The van der Waals surface area contributed by atoms with E-state index in [2.05, 4.69) is 49.6 Å². The van der Waals surface area contributed by atoms with Crippen LogP contribution in [0.25, 0.3) is 0 Å². The fourth-order valence-electron chi connectivity index (χ4n) is 1.74. The molecule has 0 aliphatic carbocycles. The molecule has 0 N–H and O–H groups in total. The molecular weight excluding hydrogens is 234 g/mol. The fraction of sp³-hybridized carbons (Fsp3) is 0.846. The van der Waals surface area contributed by atoms with E-state index in [9.17, 15) is 0 Å². The lowest BCUT2D eigenvalue weighted by Crippen LogP contribution is -2.16. The van der Waals surface area contributed by atoms with Crippen LogP contribution in [0.4, 0.5) is 0 Å². The molecule has 1 heterocycles. The highest BCUT2D eigenvalue weighted by Crippen LogP contribution is 2.22. The Hall–Kier alpha value is -0.570. The van der Waals surface area contributed by atoms with Crippen LogP contribution in [0.3, 0.4) is 0 Å². The van der Waals surface area contributed by atoms with E-state index in [4.69, 9.17) is 11.6 Å². The number of nitrogens with zero attached hydrogens (tertiary/aromatic N) is 3. The van der Waals surface area contributed by atoms with Crippen LogP contribution in [0.1, 0.15) is 58.5 Å². The van der Waals surface area contributed by atoms with Crippen LogP contribution in [0.15, 0.2) is 0 Å². The van der Waals surface area contributed by atoms with Gasteiger partial charge in [-0.15, -0.1) is 16.7 Å². The first-order valence-electron chi connectivity index (χ1n) is 6.46. The zero-order chi connectivity index (χ0) is 13.0. The molecule has 1 aromatic rings. The van der Waals surface area contributed by atoms with Gasteiger partial charge in [-0.3, -0.25) is 0 Å². The second kappa shape index (κ2) is 6.39. The summed E-state index contributed by atoms with van der Waals surface area (Å²) in [6.07, 6.45) is 2.17. The highest BCUT2D eigenvalue weighted by atomic mass is 35.5. The Morgan fingerprint density at radius 1 is 1.18 bits per heavy atom. The van der Waals surface area contributed by atoms with Crippen molar-refractivity contribution in [1.82, 2.24) is 15.0 Å². The Bertz CT molecular complexity index is 344. The van der Waals surface area contributed by atoms with Gasteiger partial charge >= 0.3 is 0 Å². The second-order valence-corrected chi connectivity index (χ2v) is 5.75. The van der Waals surface area contributed by atoms with Gasteiger partial charge in [0.05, 0.1) is 17.6 Å². The Kier molecular flexibility index (Phi) is 5.44. The van der Waals surface area contributed by atoms with Crippen LogP contribution >= 0.6 is 11.6 Å². The first kappa shape index (κ1) is 14.5. The number of halogens is 1. The molecule has 98 valence electrons. The van der Waals surface area contributed by atoms with Gasteiger partial charge in [-0.1, -0.05) is 32.9 Å². The molecule has 1 unspecified atom stereocenters. The van der Waals surface area contributed by atoms with E-state index in [0.29, 0.717) is 23.8 Å². The van der Waals surface area contributed by atoms with Crippen molar-refractivity contribution in [1.29, 1.82) is 0 Å². The van der Waals surface area contributed by atoms with Gasteiger partial charge < -0.3 is 0 Å². The summed E-state index contributed by atoms with van der Waals surface area (Å²) in [5.41, 5.74) is 2.16. The highest BCUT2D eigenvalue weighted by Gasteiger charge is 2.18. The van der Waals surface area contributed by atoms with E-state index < -0.39 is 0 Å². The van der Waals surface area contributed by atoms with Gasteiger partial charge in [-0.25, -0.2) is 4.68 Å². The van der Waals surface area contributed by atoms with Gasteiger partial charge in [0.25, 0.3) is 0 Å². The summed E-state index contributed by atoms with van der Waals surface area (Å²) in [5.74, 6) is 1.70. The third-order valence-electron chi connectivity index (χ3n) is 3.31. The smallest absolute Gasteiger partial charge is 0.101 e. The van der Waals surface area contributed by atoms with E-state index >= 15 is 0 Å². The molecule has 1 rings (SSSR count). The molecule has 0 aliphatic heterocycles. The zero-order valence-electron chi connectivity index (χ0n) is 11.6. The fourth-order valence-corrected chi connectivity index (χ4v) is 1.95. The van der Waals surface area contributed by atoms with Crippen LogP contribution in [0.5, 0.6) is 0 Å². The van der Waals surface area contributed by atoms with Gasteiger partial charge in [-0.2, -0.15) is 0 Å². The van der Waals surface area contributed by atoms with Crippen LogP contribution in [-0.2, 0) is 12.3 Å². The molecule has 0 saturated heterocycles. The van der Waals surface area contributed by atoms with Crippen molar-refractivity contribution < 1.29 is 0 Å². The van der Waals surface area contributed by atoms with Crippen molar-refractivity contribution in [2.24, 2.45) is 11.8 Å². The van der Waals surface area contributed by atoms with E-state index in [-0.39, 0.29) is 0 Å². The van der Waals surface area contributed by atoms with Crippen molar-refractivity contribution in [3.63, 3.8) is 0 Å². The molecule has 0 aliphatic rings. The third-order valence-corrected chi connectivity index (χ3v) is 3.56. The van der Waals surface area contributed by atoms with E-state index in [1.165, 1.54) is 5.69 Å². The highest BCUT2D eigenvalue weighted by molar-refractivity contribution is 6.16. The molecule has 0 spiro atoms. The monoisotopic (exact) mass is 257 g/mol. The third kappa shape index (κ3) is 3.70. The molecule has 3 nitrogen and oxygen atoms in total. The number of alkyl halides is 1. The summed E-state index contributed by atoms with van der Waals surface area (Å²) < 4.78 is 2.06. The number of aromatic nitrogens is 3. The minimum atomic E-state index is 0.377. The average molecular weight is 258 g/mol. The Morgan fingerprint density at radius 2 is 1.82 bits per heavy atom. The van der Waals surface area contributed by atoms with Crippen molar-refractivity contribution in [3.05, 3.63) is 11.4 Å². The molecule has 0 aromatic carbocycles. The predicted molar refractivity (Wildman–Crippen MR) is 72.3 cm³/mol. The molecule has 1 aromatic heterocycles. The maximum atomic E-state index is 5.93. The second-order valence-electron chi connectivity index (χ2n) is 5.48. The quantitative estimate of drug-likeness (QED) is 0.726. The lowest BCUT2D eigenvalue weighted by Gasteiger charge is -2.19. The molecule has 1 atom stereocenters. The minimum Gasteiger partial charge on any atom is -0.246 e. The summed E-state index contributed by atoms with van der Waals surface area (Å²) in [6.45, 7) is 11.1. The molecule has 17 heavy (non-hydrogen) atoms. The zero-order valence-corrected chi connectivity index (χ0v) is 12.3. The van der Waals surface area contributed by atoms with Crippen LogP contribution in [-0.4, -0.2) is 15.0 Å². The summed E-state index contributed by atoms with van der Waals surface area (Å²) in [7, 11) is 0. The first-order chi connectivity index (χ1) is 7.97. The number of hydrogen-bond acceptors (Lipinski definition) is 2. The number of hydrogen-bond donors (Lipinski definition) is 0. The van der Waals surface area contributed by atoms with Gasteiger partial charge in [-0.05, 0) is 31.6 Å². The summed E-state index contributed by atoms with van der Waals surface area (Å²) in [5, 5.41) is 8.47. The molecule has 0 fully saturated rings. The predicted octanol–water partition coefficient (Wildman–Crippen LogP) is 3.82. The normalized spacial score (nSPS) is 13.6. The Balaban J connectivity index is 2.93. The standard InChI is InChI=1S/C13H24ClN3/c1-9(2)6-7-13-12(8-14)15-16-17(13)11(5)10(3)4/h9-11H,6-8H2,1-5H3. The van der Waals surface area contributed by atoms with Crippen LogP contribution < -0.4 is 0 Å². The Morgan fingerprint density at radius 3 is 2.29 bits per heavy atom. The topological polar surface area (TPSA) is 30.7 Å². The first-order valence-corrected chi connectivity index (χ1v) is 6.99. The average Bonchev–Trinajstić information content (AvgIpc) is 2.67. The molecule has 0 bridgehead atoms. The van der Waals surface area contributed by atoms with E-state index in [1.807, 2.05) is 0 Å². The minimum absolute atomic E-state index is 0.377. The van der Waals surface area contributed by atoms with E-state index in [1.54, 1.807) is 0 Å².